The maximum atomic E-state index is 14.5. The van der Waals surface area contributed by atoms with Crippen molar-refractivity contribution in [2.24, 2.45) is 0 Å². The predicted octanol–water partition coefficient (Wildman–Crippen LogP) is 6.84. The van der Waals surface area contributed by atoms with E-state index in [2.05, 4.69) is 26.1 Å². The number of hydrogen-bond acceptors (Lipinski definition) is 6. The Morgan fingerprint density at radius 1 is 0.952 bits per heavy atom. The number of alkyl halides is 3. The van der Waals surface area contributed by atoms with Crippen LogP contribution in [0.15, 0.2) is 91.6 Å². The summed E-state index contributed by atoms with van der Waals surface area (Å²) in [7, 11) is 0. The van der Waals surface area contributed by atoms with E-state index in [1.165, 1.54) is 12.4 Å². The van der Waals surface area contributed by atoms with Crippen LogP contribution in [-0.4, -0.2) is 24.7 Å². The molecule has 0 amide bonds. The average Bonchev–Trinajstić information content (AvgIpc) is 3.66. The van der Waals surface area contributed by atoms with E-state index in [1.807, 2.05) is 6.07 Å². The number of nitriles is 1. The number of rotatable bonds is 6. The lowest BCUT2D eigenvalue weighted by Gasteiger charge is -2.21. The minimum Gasteiger partial charge on any atom is -0.399 e. The molecule has 0 aliphatic rings. The van der Waals surface area contributed by atoms with Crippen LogP contribution in [0.5, 0.6) is 0 Å². The summed E-state index contributed by atoms with van der Waals surface area (Å²) in [6, 6.07) is 19.6. The molecular formula is C31H23F3N8. The minimum absolute atomic E-state index is 0.0296. The second-order valence-electron chi connectivity index (χ2n) is 9.75. The van der Waals surface area contributed by atoms with Crippen LogP contribution in [0.2, 0.25) is 0 Å². The van der Waals surface area contributed by atoms with Gasteiger partial charge in [0, 0.05) is 40.3 Å². The lowest BCUT2D eigenvalue weighted by molar-refractivity contribution is -0.136. The number of aromatic nitrogens is 5. The van der Waals surface area contributed by atoms with Gasteiger partial charge in [-0.05, 0) is 52.6 Å². The number of nitrogens with two attached hydrogens (primary N) is 2. The fraction of sp³-hybridized carbons (Fsp3) is 0.0968. The van der Waals surface area contributed by atoms with Crippen LogP contribution in [0, 0.1) is 11.3 Å². The molecule has 8 nitrogen and oxygen atoms in total. The lowest BCUT2D eigenvalue weighted by Crippen LogP contribution is -2.13. The minimum atomic E-state index is -4.72. The van der Waals surface area contributed by atoms with Crippen molar-refractivity contribution in [3.63, 3.8) is 0 Å². The number of H-pyrrole nitrogens is 1. The summed E-state index contributed by atoms with van der Waals surface area (Å²) in [6.07, 6.45) is 1.93. The molecule has 0 radical (unpaired) electrons. The van der Waals surface area contributed by atoms with Gasteiger partial charge in [0.15, 0.2) is 0 Å². The first-order chi connectivity index (χ1) is 20.2. The average molecular weight is 565 g/mol. The molecule has 6 aromatic rings. The Morgan fingerprint density at radius 2 is 1.76 bits per heavy atom. The normalized spacial score (nSPS) is 12.3. The number of nitrogens with one attached hydrogen (secondary N) is 1. The van der Waals surface area contributed by atoms with Crippen molar-refractivity contribution in [2.75, 3.05) is 11.5 Å². The standard InChI is InChI=1S/C31H23F3N8/c32-31(33,34)28-25(37)9-8-23(18-4-6-22(36)7-5-18)27(28)20-3-1-2-19(14-20)26(10-12-35)42-16-21(15-41-42)29-24-11-13-38-30(24)40-17-39-29/h1-9,11,13-17,26H,10,36-37H2,(H,38,39,40). The zero-order valence-corrected chi connectivity index (χ0v) is 22.0. The van der Waals surface area contributed by atoms with Gasteiger partial charge in [-0.3, -0.25) is 4.68 Å². The molecule has 3 heterocycles. The van der Waals surface area contributed by atoms with E-state index in [-0.39, 0.29) is 17.7 Å². The van der Waals surface area contributed by atoms with Crippen molar-refractivity contribution in [3.05, 3.63) is 103 Å². The van der Waals surface area contributed by atoms with Crippen LogP contribution >= 0.6 is 0 Å². The Morgan fingerprint density at radius 3 is 2.52 bits per heavy atom. The van der Waals surface area contributed by atoms with Gasteiger partial charge in [0.25, 0.3) is 0 Å². The van der Waals surface area contributed by atoms with E-state index >= 15 is 0 Å². The maximum absolute atomic E-state index is 14.5. The fourth-order valence-corrected chi connectivity index (χ4v) is 5.21. The molecule has 42 heavy (non-hydrogen) atoms. The third-order valence-corrected chi connectivity index (χ3v) is 7.14. The molecule has 3 aromatic heterocycles. The highest BCUT2D eigenvalue weighted by Crippen LogP contribution is 2.46. The largest absolute Gasteiger partial charge is 0.419 e. The van der Waals surface area contributed by atoms with E-state index in [9.17, 15) is 18.4 Å². The Bertz CT molecular complexity index is 1950. The molecular weight excluding hydrogens is 541 g/mol. The Hall–Kier alpha value is -5.63. The molecule has 0 saturated heterocycles. The van der Waals surface area contributed by atoms with E-state index < -0.39 is 17.8 Å². The molecule has 3 aromatic carbocycles. The third-order valence-electron chi connectivity index (χ3n) is 7.14. The summed E-state index contributed by atoms with van der Waals surface area (Å²) in [5.74, 6) is 0. The molecule has 0 bridgehead atoms. The molecule has 0 aliphatic carbocycles. The summed E-state index contributed by atoms with van der Waals surface area (Å²) < 4.78 is 45.1. The summed E-state index contributed by atoms with van der Waals surface area (Å²) in [5, 5.41) is 15.0. The van der Waals surface area contributed by atoms with Crippen LogP contribution in [0.25, 0.3) is 44.5 Å². The van der Waals surface area contributed by atoms with Crippen LogP contribution in [0.1, 0.15) is 23.6 Å². The van der Waals surface area contributed by atoms with Crippen molar-refractivity contribution in [3.8, 4) is 39.6 Å². The molecule has 11 heteroatoms. The second-order valence-corrected chi connectivity index (χ2v) is 9.75. The molecule has 0 aliphatic heterocycles. The van der Waals surface area contributed by atoms with Crippen LogP contribution in [0.4, 0.5) is 24.5 Å². The topological polar surface area (TPSA) is 135 Å². The van der Waals surface area contributed by atoms with Gasteiger partial charge in [0.1, 0.15) is 12.0 Å². The summed E-state index contributed by atoms with van der Waals surface area (Å²) in [4.78, 5) is 11.7. The second kappa shape index (κ2) is 10.4. The van der Waals surface area contributed by atoms with Crippen LogP contribution in [-0.2, 0) is 6.18 Å². The zero-order valence-electron chi connectivity index (χ0n) is 22.0. The molecule has 1 atom stereocenters. The fourth-order valence-electron chi connectivity index (χ4n) is 5.21. The Balaban J connectivity index is 1.48. The van der Waals surface area contributed by atoms with Gasteiger partial charge in [-0.2, -0.15) is 23.5 Å². The van der Waals surface area contributed by atoms with Crippen molar-refractivity contribution < 1.29 is 13.2 Å². The zero-order chi connectivity index (χ0) is 29.4. The van der Waals surface area contributed by atoms with Crippen molar-refractivity contribution >= 4 is 22.4 Å². The van der Waals surface area contributed by atoms with Gasteiger partial charge in [0.05, 0.1) is 36.0 Å². The highest BCUT2D eigenvalue weighted by molar-refractivity contribution is 5.91. The van der Waals surface area contributed by atoms with Gasteiger partial charge in [0.2, 0.25) is 0 Å². The van der Waals surface area contributed by atoms with Gasteiger partial charge >= 0.3 is 6.18 Å². The number of fused-ring (bicyclic) bond motifs is 1. The van der Waals surface area contributed by atoms with Gasteiger partial charge in [-0.15, -0.1) is 0 Å². The molecule has 5 N–H and O–H groups in total. The van der Waals surface area contributed by atoms with Crippen molar-refractivity contribution in [1.29, 1.82) is 5.26 Å². The molecule has 208 valence electrons. The molecule has 0 spiro atoms. The van der Waals surface area contributed by atoms with E-state index in [4.69, 9.17) is 11.5 Å². The number of hydrogen-bond donors (Lipinski definition) is 3. The SMILES string of the molecule is N#CCC(c1cccc(-c2c(-c3ccc(N)cc3)ccc(N)c2C(F)(F)F)c1)n1cc(-c2ncnc3[nH]ccc23)cn1. The van der Waals surface area contributed by atoms with Gasteiger partial charge in [-0.1, -0.05) is 36.4 Å². The monoisotopic (exact) mass is 564 g/mol. The first-order valence-corrected chi connectivity index (χ1v) is 12.9. The molecule has 0 fully saturated rings. The van der Waals surface area contributed by atoms with E-state index in [0.29, 0.717) is 44.8 Å². The maximum Gasteiger partial charge on any atom is 0.419 e. The molecule has 6 rings (SSSR count). The van der Waals surface area contributed by atoms with Gasteiger partial charge < -0.3 is 16.5 Å². The highest BCUT2D eigenvalue weighted by atomic mass is 19.4. The molecule has 0 saturated carbocycles. The lowest BCUT2D eigenvalue weighted by atomic mass is 9.87. The first kappa shape index (κ1) is 26.6. The summed E-state index contributed by atoms with van der Waals surface area (Å²) >= 11 is 0. The van der Waals surface area contributed by atoms with Crippen molar-refractivity contribution in [1.82, 2.24) is 24.7 Å². The number of nitrogens with zero attached hydrogens (tertiary/aromatic N) is 5. The smallest absolute Gasteiger partial charge is 0.399 e. The summed E-state index contributed by atoms with van der Waals surface area (Å²) in [5.41, 5.74) is 14.8. The van der Waals surface area contributed by atoms with E-state index in [0.717, 1.165) is 5.39 Å². The number of halogens is 3. The van der Waals surface area contributed by atoms with Crippen LogP contribution in [0.3, 0.4) is 0 Å². The van der Waals surface area contributed by atoms with Crippen molar-refractivity contribution in [2.45, 2.75) is 18.6 Å². The number of anilines is 2. The first-order valence-electron chi connectivity index (χ1n) is 12.9. The third kappa shape index (κ3) is 4.79. The quantitative estimate of drug-likeness (QED) is 0.190. The number of nitrogen functional groups attached to an aromatic ring is 2. The Labute approximate surface area is 238 Å². The summed E-state index contributed by atoms with van der Waals surface area (Å²) in [6.45, 7) is 0. The molecule has 1 unspecified atom stereocenters. The number of aromatic amines is 1. The van der Waals surface area contributed by atoms with Crippen LogP contribution < -0.4 is 11.5 Å². The van der Waals surface area contributed by atoms with E-state index in [1.54, 1.807) is 77.9 Å². The predicted molar refractivity (Wildman–Crippen MR) is 155 cm³/mol. The van der Waals surface area contributed by atoms with Gasteiger partial charge in [-0.25, -0.2) is 9.97 Å². The highest BCUT2D eigenvalue weighted by Gasteiger charge is 2.37. The number of benzene rings is 3. The Kier molecular flexibility index (Phi) is 6.59.